The predicted octanol–water partition coefficient (Wildman–Crippen LogP) is 1.27. The molecule has 0 radical (unpaired) electrons. The van der Waals surface area contributed by atoms with Gasteiger partial charge in [0.05, 0.1) is 0 Å². The van der Waals surface area contributed by atoms with Gasteiger partial charge in [0.25, 0.3) is 5.92 Å². The molecule has 2 atom stereocenters. The van der Waals surface area contributed by atoms with Gasteiger partial charge >= 0.3 is 0 Å². The average molecular weight is 158 g/mol. The second kappa shape index (κ2) is 2.39. The van der Waals surface area contributed by atoms with Gasteiger partial charge in [0.1, 0.15) is 0 Å². The molecule has 1 rings (SSSR count). The molecule has 9 heavy (non-hydrogen) atoms. The Labute approximate surface area is 59.0 Å². The van der Waals surface area contributed by atoms with Gasteiger partial charge in [0.2, 0.25) is 0 Å². The molecule has 2 unspecified atom stereocenters. The average Bonchev–Trinajstić information content (AvgIpc) is 2.09. The molecule has 1 nitrogen and oxygen atoms in total. The molecule has 0 bridgehead atoms. The first-order valence-electron chi connectivity index (χ1n) is 2.68. The lowest BCUT2D eigenvalue weighted by Gasteiger charge is -1.87. The van der Waals surface area contributed by atoms with Gasteiger partial charge in [-0.2, -0.15) is 0 Å². The zero-order chi connectivity index (χ0) is 6.36. The van der Waals surface area contributed by atoms with E-state index in [1.54, 1.807) is 0 Å². The summed E-state index contributed by atoms with van der Waals surface area (Å²) in [5.74, 6) is -3.47. The largest absolute Gasteiger partial charge is 0.330 e. The Balaban J connectivity index is 0.000000640. The van der Waals surface area contributed by atoms with E-state index in [2.05, 4.69) is 0 Å². The van der Waals surface area contributed by atoms with E-state index in [4.69, 9.17) is 5.73 Å². The highest BCUT2D eigenvalue weighted by atomic mass is 35.5. The van der Waals surface area contributed by atoms with Crippen molar-refractivity contribution in [2.24, 2.45) is 17.6 Å². The molecule has 0 aromatic rings. The third kappa shape index (κ3) is 1.17. The molecule has 0 aliphatic heterocycles. The molecule has 0 aromatic heterocycles. The predicted molar refractivity (Wildman–Crippen MR) is 33.9 cm³/mol. The second-order valence-electron chi connectivity index (χ2n) is 2.31. The van der Waals surface area contributed by atoms with E-state index in [1.165, 1.54) is 6.92 Å². The Morgan fingerprint density at radius 3 is 1.89 bits per heavy atom. The summed E-state index contributed by atoms with van der Waals surface area (Å²) in [4.78, 5) is 0. The first-order valence-corrected chi connectivity index (χ1v) is 2.68. The van der Waals surface area contributed by atoms with E-state index in [1.807, 2.05) is 0 Å². The monoisotopic (exact) mass is 157 g/mol. The quantitative estimate of drug-likeness (QED) is 0.610. The number of rotatable bonds is 1. The molecule has 0 spiro atoms. The standard InChI is InChI=1S/C5H9F2N.ClH/c1-3-4(2-8)5(3,6)7;/h3-4H,2,8H2,1H3;1H. The van der Waals surface area contributed by atoms with E-state index in [-0.39, 0.29) is 19.0 Å². The van der Waals surface area contributed by atoms with Crippen LogP contribution in [0.4, 0.5) is 8.78 Å². The molecule has 0 amide bonds. The van der Waals surface area contributed by atoms with Gasteiger partial charge < -0.3 is 5.73 Å². The highest BCUT2D eigenvalue weighted by Crippen LogP contribution is 2.53. The third-order valence-electron chi connectivity index (χ3n) is 1.85. The summed E-state index contributed by atoms with van der Waals surface area (Å²) >= 11 is 0. The molecule has 1 aliphatic carbocycles. The van der Waals surface area contributed by atoms with Crippen LogP contribution in [0.15, 0.2) is 0 Å². The minimum absolute atomic E-state index is 0. The first-order chi connectivity index (χ1) is 3.60. The van der Waals surface area contributed by atoms with Crippen molar-refractivity contribution in [3.63, 3.8) is 0 Å². The van der Waals surface area contributed by atoms with Gasteiger partial charge in [-0.05, 0) is 0 Å². The van der Waals surface area contributed by atoms with E-state index in [9.17, 15) is 8.78 Å². The van der Waals surface area contributed by atoms with Crippen molar-refractivity contribution in [2.75, 3.05) is 6.54 Å². The first kappa shape index (κ1) is 9.11. The van der Waals surface area contributed by atoms with Crippen LogP contribution in [-0.2, 0) is 0 Å². The van der Waals surface area contributed by atoms with Crippen molar-refractivity contribution in [1.82, 2.24) is 0 Å². The zero-order valence-corrected chi connectivity index (χ0v) is 5.92. The number of hydrogen-bond acceptors (Lipinski definition) is 1. The van der Waals surface area contributed by atoms with Crippen LogP contribution < -0.4 is 5.73 Å². The van der Waals surface area contributed by atoms with Gasteiger partial charge in [-0.1, -0.05) is 6.92 Å². The minimum Gasteiger partial charge on any atom is -0.330 e. The summed E-state index contributed by atoms with van der Waals surface area (Å²) < 4.78 is 24.2. The number of hydrogen-bond donors (Lipinski definition) is 1. The molecular weight excluding hydrogens is 148 g/mol. The van der Waals surface area contributed by atoms with Crippen LogP contribution in [0.1, 0.15) is 6.92 Å². The van der Waals surface area contributed by atoms with Crippen LogP contribution >= 0.6 is 12.4 Å². The van der Waals surface area contributed by atoms with Crippen LogP contribution in [0.5, 0.6) is 0 Å². The van der Waals surface area contributed by atoms with Crippen molar-refractivity contribution >= 4 is 12.4 Å². The molecule has 1 aliphatic rings. The summed E-state index contributed by atoms with van der Waals surface area (Å²) in [6.45, 7) is 1.64. The lowest BCUT2D eigenvalue weighted by molar-refractivity contribution is 0.0878. The van der Waals surface area contributed by atoms with Crippen LogP contribution in [0.2, 0.25) is 0 Å². The summed E-state index contributed by atoms with van der Waals surface area (Å²) in [7, 11) is 0. The second-order valence-corrected chi connectivity index (χ2v) is 2.31. The third-order valence-corrected chi connectivity index (χ3v) is 1.85. The normalized spacial score (nSPS) is 37.3. The lowest BCUT2D eigenvalue weighted by atomic mass is 10.3. The summed E-state index contributed by atoms with van der Waals surface area (Å²) in [5, 5.41) is 0. The summed E-state index contributed by atoms with van der Waals surface area (Å²) in [5.41, 5.74) is 5.02. The van der Waals surface area contributed by atoms with E-state index < -0.39 is 17.8 Å². The van der Waals surface area contributed by atoms with E-state index in [0.717, 1.165) is 0 Å². The van der Waals surface area contributed by atoms with Gasteiger partial charge in [0.15, 0.2) is 0 Å². The van der Waals surface area contributed by atoms with Crippen molar-refractivity contribution < 1.29 is 8.78 Å². The maximum atomic E-state index is 12.1. The topological polar surface area (TPSA) is 26.0 Å². The van der Waals surface area contributed by atoms with Crippen LogP contribution in [-0.4, -0.2) is 12.5 Å². The Morgan fingerprint density at radius 2 is 1.89 bits per heavy atom. The van der Waals surface area contributed by atoms with Crippen LogP contribution in [0.25, 0.3) is 0 Å². The maximum absolute atomic E-state index is 12.1. The smallest absolute Gasteiger partial charge is 0.255 e. The van der Waals surface area contributed by atoms with Crippen molar-refractivity contribution in [1.29, 1.82) is 0 Å². The van der Waals surface area contributed by atoms with Crippen molar-refractivity contribution in [3.8, 4) is 0 Å². The molecule has 4 heteroatoms. The van der Waals surface area contributed by atoms with Gasteiger partial charge in [-0.15, -0.1) is 12.4 Å². The fraction of sp³-hybridized carbons (Fsp3) is 1.00. The highest BCUT2D eigenvalue weighted by molar-refractivity contribution is 5.85. The Morgan fingerprint density at radius 1 is 1.56 bits per heavy atom. The van der Waals surface area contributed by atoms with E-state index >= 15 is 0 Å². The molecule has 1 saturated carbocycles. The fourth-order valence-electron chi connectivity index (χ4n) is 0.921. The lowest BCUT2D eigenvalue weighted by Crippen LogP contribution is -2.06. The highest BCUT2D eigenvalue weighted by Gasteiger charge is 2.64. The Bertz CT molecular complexity index is 107. The molecule has 0 aromatic carbocycles. The van der Waals surface area contributed by atoms with Crippen molar-refractivity contribution in [3.05, 3.63) is 0 Å². The number of halogens is 3. The molecule has 0 heterocycles. The summed E-state index contributed by atoms with van der Waals surface area (Å²) in [6, 6.07) is 0. The number of alkyl halides is 2. The van der Waals surface area contributed by atoms with E-state index in [0.29, 0.717) is 0 Å². The van der Waals surface area contributed by atoms with Gasteiger partial charge in [0, 0.05) is 18.4 Å². The van der Waals surface area contributed by atoms with Crippen molar-refractivity contribution in [2.45, 2.75) is 12.8 Å². The molecule has 56 valence electrons. The van der Waals surface area contributed by atoms with Gasteiger partial charge in [-0.3, -0.25) is 0 Å². The molecular formula is C5H10ClF2N. The minimum atomic E-state index is -2.45. The van der Waals surface area contributed by atoms with Crippen LogP contribution in [0.3, 0.4) is 0 Å². The Kier molecular flexibility index (Phi) is 2.41. The number of nitrogens with two attached hydrogens (primary N) is 1. The molecule has 1 fully saturated rings. The van der Waals surface area contributed by atoms with Gasteiger partial charge in [-0.25, -0.2) is 8.78 Å². The maximum Gasteiger partial charge on any atom is 0.255 e. The van der Waals surface area contributed by atoms with Crippen LogP contribution in [0, 0.1) is 11.8 Å². The SMILES string of the molecule is CC1C(CN)C1(F)F.Cl. The fourth-order valence-corrected chi connectivity index (χ4v) is 0.921. The molecule has 0 saturated heterocycles. The zero-order valence-electron chi connectivity index (χ0n) is 5.10. The molecule has 2 N–H and O–H groups in total. The Hall–Kier alpha value is 0.110. The summed E-state index contributed by atoms with van der Waals surface area (Å²) in [6.07, 6.45) is 0.